The summed E-state index contributed by atoms with van der Waals surface area (Å²) < 4.78 is 0. The lowest BCUT2D eigenvalue weighted by atomic mass is 9.79. The Morgan fingerprint density at radius 3 is 2.56 bits per heavy atom. The molecule has 0 aliphatic carbocycles. The van der Waals surface area contributed by atoms with Gasteiger partial charge in [-0.05, 0) is 13.3 Å². The summed E-state index contributed by atoms with van der Waals surface area (Å²) in [4.78, 5) is 38.1. The topological polar surface area (TPSA) is 119 Å². The lowest BCUT2D eigenvalue weighted by Gasteiger charge is -2.46. The van der Waals surface area contributed by atoms with E-state index in [9.17, 15) is 24.6 Å². The van der Waals surface area contributed by atoms with Gasteiger partial charge in [0.2, 0.25) is 11.8 Å². The van der Waals surface area contributed by atoms with Crippen molar-refractivity contribution in [3.05, 3.63) is 10.6 Å². The lowest BCUT2D eigenvalue weighted by Crippen LogP contribution is -2.63. The number of rotatable bonds is 6. The quantitative estimate of drug-likeness (QED) is 0.477. The first-order chi connectivity index (χ1) is 12.6. The van der Waals surface area contributed by atoms with Gasteiger partial charge in [-0.1, -0.05) is 20.8 Å². The van der Waals surface area contributed by atoms with Crippen LogP contribution in [-0.2, 0) is 14.4 Å². The summed E-state index contributed by atoms with van der Waals surface area (Å²) in [5, 5.41) is 25.9. The first-order valence-electron chi connectivity index (χ1n) is 9.32. The van der Waals surface area contributed by atoms with Gasteiger partial charge in [-0.25, -0.2) is 4.79 Å². The molecule has 0 saturated carbocycles. The highest BCUT2D eigenvalue weighted by Crippen LogP contribution is 2.51. The first-order valence-corrected chi connectivity index (χ1v) is 10.2. The summed E-state index contributed by atoms with van der Waals surface area (Å²) in [5.41, 5.74) is 0.0501. The highest BCUT2D eigenvalue weighted by Gasteiger charge is 2.60. The van der Waals surface area contributed by atoms with Crippen molar-refractivity contribution in [1.82, 2.24) is 15.5 Å². The third kappa shape index (κ3) is 3.48. The van der Waals surface area contributed by atoms with Crippen LogP contribution < -0.4 is 10.6 Å². The highest BCUT2D eigenvalue weighted by atomic mass is 32.2. The van der Waals surface area contributed by atoms with Gasteiger partial charge in [0, 0.05) is 28.5 Å². The zero-order valence-electron chi connectivity index (χ0n) is 15.9. The van der Waals surface area contributed by atoms with E-state index < -0.39 is 18.0 Å². The van der Waals surface area contributed by atoms with E-state index in [1.807, 2.05) is 20.8 Å². The van der Waals surface area contributed by atoms with Crippen molar-refractivity contribution in [3.63, 3.8) is 0 Å². The number of aliphatic carboxylic acids is 1. The molecule has 9 heteroatoms. The molecule has 6 atom stereocenters. The Labute approximate surface area is 162 Å². The lowest BCUT2D eigenvalue weighted by molar-refractivity contribution is -0.163. The fraction of sp³-hybridized carbons (Fsp3) is 0.722. The van der Waals surface area contributed by atoms with Crippen LogP contribution in [0.25, 0.3) is 0 Å². The molecule has 0 spiro atoms. The van der Waals surface area contributed by atoms with Crippen molar-refractivity contribution in [2.75, 3.05) is 6.54 Å². The van der Waals surface area contributed by atoms with Crippen LogP contribution >= 0.6 is 11.8 Å². The van der Waals surface area contributed by atoms with Crippen molar-refractivity contribution < 1.29 is 24.6 Å². The summed E-state index contributed by atoms with van der Waals surface area (Å²) in [5.74, 6) is -2.23. The number of aliphatic hydroxyl groups is 1. The number of β-lactam (4-membered cyclic amide) rings is 1. The van der Waals surface area contributed by atoms with E-state index in [1.165, 1.54) is 16.7 Å². The van der Waals surface area contributed by atoms with E-state index in [4.69, 9.17) is 0 Å². The van der Waals surface area contributed by atoms with E-state index in [0.29, 0.717) is 17.9 Å². The molecule has 0 radical (unpaired) electrons. The molecule has 3 heterocycles. The predicted octanol–water partition coefficient (Wildman–Crippen LogP) is 0.334. The van der Waals surface area contributed by atoms with E-state index >= 15 is 0 Å². The maximum Gasteiger partial charge on any atom is 0.353 e. The van der Waals surface area contributed by atoms with Gasteiger partial charge in [-0.2, -0.15) is 0 Å². The van der Waals surface area contributed by atoms with Crippen LogP contribution in [0.4, 0.5) is 0 Å². The zero-order chi connectivity index (χ0) is 20.0. The second-order valence-corrected chi connectivity index (χ2v) is 9.21. The fourth-order valence-corrected chi connectivity index (χ4v) is 5.58. The molecule has 8 nitrogen and oxygen atoms in total. The molecule has 3 aliphatic heterocycles. The summed E-state index contributed by atoms with van der Waals surface area (Å²) >= 11 is 1.47. The van der Waals surface area contributed by atoms with Crippen molar-refractivity contribution in [2.24, 2.45) is 17.8 Å². The van der Waals surface area contributed by atoms with Gasteiger partial charge in [0.05, 0.1) is 24.2 Å². The van der Waals surface area contributed by atoms with Gasteiger partial charge in [0.25, 0.3) is 0 Å². The van der Waals surface area contributed by atoms with Crippen LogP contribution in [0.2, 0.25) is 0 Å². The second-order valence-electron chi connectivity index (χ2n) is 7.87. The average Bonchev–Trinajstić information content (AvgIpc) is 3.09. The molecule has 3 rings (SSSR count). The van der Waals surface area contributed by atoms with Crippen LogP contribution in [0, 0.1) is 17.8 Å². The summed E-state index contributed by atoms with van der Waals surface area (Å²) in [6.07, 6.45) is -0.249. The number of thioether (sulfide) groups is 1. The van der Waals surface area contributed by atoms with Gasteiger partial charge in [-0.15, -0.1) is 11.8 Å². The Bertz CT molecular complexity index is 692. The SMILES string of the molecule is CC(C)C(=O)N[C@H]1C[C@H](SC2=C(C(=O)O)N3C(=O)[C@H]([C@@H](C)O)[C@H]3[C@H]2C)CN1. The molecule has 0 unspecified atom stereocenters. The molecule has 0 bridgehead atoms. The summed E-state index contributed by atoms with van der Waals surface area (Å²) in [6.45, 7) is 7.80. The van der Waals surface area contributed by atoms with Gasteiger partial charge >= 0.3 is 5.97 Å². The zero-order valence-corrected chi connectivity index (χ0v) is 16.7. The molecule has 27 heavy (non-hydrogen) atoms. The van der Waals surface area contributed by atoms with Gasteiger partial charge in [0.1, 0.15) is 5.70 Å². The first kappa shape index (κ1) is 20.2. The van der Waals surface area contributed by atoms with Crippen LogP contribution in [-0.4, -0.2) is 63.0 Å². The summed E-state index contributed by atoms with van der Waals surface area (Å²) in [7, 11) is 0. The third-order valence-electron chi connectivity index (χ3n) is 5.54. The Morgan fingerprint density at radius 1 is 1.33 bits per heavy atom. The number of nitrogens with zero attached hydrogens (tertiary/aromatic N) is 1. The molecule has 0 aromatic carbocycles. The number of carboxylic acid groups (broad SMARTS) is 1. The molecule has 2 amide bonds. The fourth-order valence-electron chi connectivity index (χ4n) is 4.10. The van der Waals surface area contributed by atoms with Gasteiger partial charge in [-0.3, -0.25) is 14.9 Å². The molecule has 2 saturated heterocycles. The Morgan fingerprint density at radius 2 is 2.00 bits per heavy atom. The summed E-state index contributed by atoms with van der Waals surface area (Å²) in [6, 6.07) is -0.295. The van der Waals surface area contributed by atoms with E-state index in [-0.39, 0.29) is 46.8 Å². The standard InChI is InChI=1S/C18H27N3O5S/c1-7(2)16(23)20-11-5-10(6-19-11)27-15-8(3)13-12(9(4)22)17(24)21(13)14(15)18(25)26/h7-13,19,22H,5-6H2,1-4H3,(H,20,23)(H,25,26)/t8-,9-,10+,11+,12-,13-/m1/s1. The van der Waals surface area contributed by atoms with E-state index in [0.717, 1.165) is 0 Å². The number of carbonyl (C=O) groups excluding carboxylic acids is 2. The maximum atomic E-state index is 12.4. The maximum absolute atomic E-state index is 12.4. The number of hydrogen-bond acceptors (Lipinski definition) is 6. The van der Waals surface area contributed by atoms with Crippen LogP contribution in [0.1, 0.15) is 34.1 Å². The number of hydrogen-bond donors (Lipinski definition) is 4. The predicted molar refractivity (Wildman–Crippen MR) is 100 cm³/mol. The molecule has 3 aliphatic rings. The molecule has 0 aromatic heterocycles. The van der Waals surface area contributed by atoms with Crippen LogP contribution in [0.3, 0.4) is 0 Å². The van der Waals surface area contributed by atoms with Crippen molar-refractivity contribution in [1.29, 1.82) is 0 Å². The Kier molecular flexibility index (Phi) is 5.56. The van der Waals surface area contributed by atoms with E-state index in [1.54, 1.807) is 6.92 Å². The Balaban J connectivity index is 1.72. The minimum Gasteiger partial charge on any atom is -0.477 e. The molecule has 4 N–H and O–H groups in total. The number of aliphatic hydroxyl groups excluding tert-OH is 1. The second kappa shape index (κ2) is 7.44. The number of nitrogens with one attached hydrogen (secondary N) is 2. The van der Waals surface area contributed by atoms with Crippen molar-refractivity contribution in [3.8, 4) is 0 Å². The van der Waals surface area contributed by atoms with Crippen LogP contribution in [0.5, 0.6) is 0 Å². The van der Waals surface area contributed by atoms with E-state index in [2.05, 4.69) is 10.6 Å². The van der Waals surface area contributed by atoms with Crippen molar-refractivity contribution in [2.45, 2.75) is 57.7 Å². The molecular weight excluding hydrogens is 370 g/mol. The minimum atomic E-state index is -1.11. The Hall–Kier alpha value is -1.58. The number of carboxylic acids is 1. The molecule has 0 aromatic rings. The number of amides is 2. The van der Waals surface area contributed by atoms with Gasteiger partial charge < -0.3 is 20.4 Å². The van der Waals surface area contributed by atoms with Crippen LogP contribution in [0.15, 0.2) is 10.6 Å². The average molecular weight is 397 g/mol. The number of carbonyl (C=O) groups is 3. The van der Waals surface area contributed by atoms with Gasteiger partial charge in [0.15, 0.2) is 0 Å². The largest absolute Gasteiger partial charge is 0.477 e. The molecular formula is C18H27N3O5S. The normalized spacial score (nSPS) is 33.9. The third-order valence-corrected chi connectivity index (χ3v) is 7.05. The smallest absolute Gasteiger partial charge is 0.353 e. The molecule has 2 fully saturated rings. The number of fused-ring (bicyclic) bond motifs is 1. The minimum absolute atomic E-state index is 0.0210. The molecule has 150 valence electrons. The highest BCUT2D eigenvalue weighted by molar-refractivity contribution is 8.03. The van der Waals surface area contributed by atoms with Crippen molar-refractivity contribution >= 4 is 29.5 Å². The monoisotopic (exact) mass is 397 g/mol.